The number of nitrogens with one attached hydrogen (secondary N) is 1. The van der Waals surface area contributed by atoms with Crippen LogP contribution in [0.5, 0.6) is 0 Å². The Morgan fingerprint density at radius 3 is 2.57 bits per heavy atom. The lowest BCUT2D eigenvalue weighted by atomic mass is 10.2. The lowest BCUT2D eigenvalue weighted by molar-refractivity contribution is 0.158. The van der Waals surface area contributed by atoms with Crippen LogP contribution in [0.4, 0.5) is 5.82 Å². The molecule has 0 bridgehead atoms. The fourth-order valence-electron chi connectivity index (χ4n) is 2.61. The maximum Gasteiger partial charge on any atom is 0.159 e. The Kier molecular flexibility index (Phi) is 4.53. The monoisotopic (exact) mass is 305 g/mol. The number of halogens is 1. The van der Waals surface area contributed by atoms with E-state index in [4.69, 9.17) is 11.6 Å². The van der Waals surface area contributed by atoms with Crippen molar-refractivity contribution >= 4 is 28.2 Å². The zero-order chi connectivity index (χ0) is 14.7. The van der Waals surface area contributed by atoms with E-state index in [0.29, 0.717) is 5.15 Å². The van der Waals surface area contributed by atoms with Crippen LogP contribution in [0.15, 0.2) is 24.3 Å². The Labute approximate surface area is 129 Å². The summed E-state index contributed by atoms with van der Waals surface area (Å²) in [7, 11) is 2.17. The van der Waals surface area contributed by atoms with Gasteiger partial charge in [0, 0.05) is 50.0 Å². The smallest absolute Gasteiger partial charge is 0.159 e. The third-order valence-electron chi connectivity index (χ3n) is 3.96. The third kappa shape index (κ3) is 3.43. The molecule has 1 saturated heterocycles. The largest absolute Gasteiger partial charge is 0.367 e. The number of benzene rings is 1. The maximum absolute atomic E-state index is 6.08. The molecule has 0 atom stereocenters. The predicted molar refractivity (Wildman–Crippen MR) is 87.0 cm³/mol. The lowest BCUT2D eigenvalue weighted by Gasteiger charge is -2.32. The van der Waals surface area contributed by atoms with Crippen molar-refractivity contribution in [1.82, 2.24) is 20.0 Å². The molecule has 21 heavy (non-hydrogen) atoms. The molecule has 0 radical (unpaired) electrons. The van der Waals surface area contributed by atoms with E-state index in [1.807, 2.05) is 24.3 Å². The number of likely N-dealkylation sites (N-methyl/N-ethyl adjacent to an activating group) is 1. The highest BCUT2D eigenvalue weighted by molar-refractivity contribution is 6.34. The van der Waals surface area contributed by atoms with Crippen molar-refractivity contribution in [3.8, 4) is 0 Å². The summed E-state index contributed by atoms with van der Waals surface area (Å²) in [6.45, 7) is 6.43. The zero-order valence-electron chi connectivity index (χ0n) is 12.2. The molecule has 112 valence electrons. The average Bonchev–Trinajstić information content (AvgIpc) is 2.52. The van der Waals surface area contributed by atoms with Gasteiger partial charge >= 0.3 is 0 Å². The summed E-state index contributed by atoms with van der Waals surface area (Å²) in [6.07, 6.45) is 0. The molecule has 2 aromatic rings. The number of hydrogen-bond acceptors (Lipinski definition) is 5. The molecule has 3 rings (SSSR count). The van der Waals surface area contributed by atoms with Crippen molar-refractivity contribution < 1.29 is 0 Å². The summed E-state index contributed by atoms with van der Waals surface area (Å²) in [5, 5.41) is 14.0. The van der Waals surface area contributed by atoms with Crippen LogP contribution in [0.3, 0.4) is 0 Å². The van der Waals surface area contributed by atoms with Crippen LogP contribution >= 0.6 is 11.6 Å². The Morgan fingerprint density at radius 1 is 1.10 bits per heavy atom. The highest BCUT2D eigenvalue weighted by Crippen LogP contribution is 2.25. The molecule has 1 fully saturated rings. The molecule has 1 aromatic heterocycles. The van der Waals surface area contributed by atoms with Gasteiger partial charge in [0.15, 0.2) is 11.0 Å². The minimum absolute atomic E-state index is 0.454. The van der Waals surface area contributed by atoms with Crippen molar-refractivity contribution in [2.24, 2.45) is 0 Å². The van der Waals surface area contributed by atoms with E-state index in [-0.39, 0.29) is 0 Å². The standard InChI is InChI=1S/C15H20ClN5/c1-20-8-10-21(11-9-20)7-6-17-15-13-5-3-2-4-12(13)14(16)18-19-15/h2-5H,6-11H2,1H3,(H,17,19). The van der Waals surface area contributed by atoms with Gasteiger partial charge in [0.05, 0.1) is 0 Å². The van der Waals surface area contributed by atoms with Crippen molar-refractivity contribution in [2.75, 3.05) is 51.6 Å². The normalized spacial score (nSPS) is 17.2. The number of anilines is 1. The summed E-state index contributed by atoms with van der Waals surface area (Å²) in [5.41, 5.74) is 0. The molecule has 1 aromatic carbocycles. The zero-order valence-corrected chi connectivity index (χ0v) is 13.0. The first-order chi connectivity index (χ1) is 10.2. The van der Waals surface area contributed by atoms with Crippen LogP contribution in [0.1, 0.15) is 0 Å². The number of rotatable bonds is 4. The minimum Gasteiger partial charge on any atom is -0.367 e. The molecule has 0 spiro atoms. The first-order valence-corrected chi connectivity index (χ1v) is 7.67. The van der Waals surface area contributed by atoms with E-state index in [1.54, 1.807) is 0 Å². The lowest BCUT2D eigenvalue weighted by Crippen LogP contribution is -2.45. The van der Waals surface area contributed by atoms with Gasteiger partial charge in [-0.25, -0.2) is 0 Å². The maximum atomic E-state index is 6.08. The van der Waals surface area contributed by atoms with Crippen LogP contribution in [-0.4, -0.2) is 66.3 Å². The van der Waals surface area contributed by atoms with Crippen LogP contribution in [0.2, 0.25) is 5.15 Å². The summed E-state index contributed by atoms with van der Waals surface area (Å²) in [5.74, 6) is 0.809. The Morgan fingerprint density at radius 2 is 1.81 bits per heavy atom. The fourth-order valence-corrected chi connectivity index (χ4v) is 2.81. The van der Waals surface area contributed by atoms with Crippen molar-refractivity contribution in [1.29, 1.82) is 0 Å². The highest BCUT2D eigenvalue weighted by Gasteiger charge is 2.13. The number of aromatic nitrogens is 2. The Hall–Kier alpha value is -1.43. The van der Waals surface area contributed by atoms with Gasteiger partial charge in [0.1, 0.15) is 0 Å². The molecule has 6 heteroatoms. The van der Waals surface area contributed by atoms with Gasteiger partial charge in [-0.05, 0) is 7.05 Å². The molecular weight excluding hydrogens is 286 g/mol. The van der Waals surface area contributed by atoms with Gasteiger partial charge in [-0.2, -0.15) is 0 Å². The van der Waals surface area contributed by atoms with E-state index in [1.165, 1.54) is 0 Å². The summed E-state index contributed by atoms with van der Waals surface area (Å²) in [6, 6.07) is 7.95. The molecule has 1 N–H and O–H groups in total. The topological polar surface area (TPSA) is 44.3 Å². The predicted octanol–water partition coefficient (Wildman–Crippen LogP) is 1.94. The van der Waals surface area contributed by atoms with Crippen LogP contribution in [0, 0.1) is 0 Å². The molecular formula is C15H20ClN5. The SMILES string of the molecule is CN1CCN(CCNc2nnc(Cl)c3ccccc23)CC1. The van der Waals surface area contributed by atoms with Crippen LogP contribution < -0.4 is 5.32 Å². The van der Waals surface area contributed by atoms with E-state index in [9.17, 15) is 0 Å². The first-order valence-electron chi connectivity index (χ1n) is 7.30. The van der Waals surface area contributed by atoms with Gasteiger partial charge in [0.25, 0.3) is 0 Å². The van der Waals surface area contributed by atoms with Crippen molar-refractivity contribution in [3.05, 3.63) is 29.4 Å². The van der Waals surface area contributed by atoms with Gasteiger partial charge < -0.3 is 10.2 Å². The van der Waals surface area contributed by atoms with Gasteiger partial charge in [-0.15, -0.1) is 10.2 Å². The third-order valence-corrected chi connectivity index (χ3v) is 4.24. The quantitative estimate of drug-likeness (QED) is 0.935. The van der Waals surface area contributed by atoms with E-state index in [2.05, 4.69) is 32.4 Å². The molecule has 1 aliphatic heterocycles. The highest BCUT2D eigenvalue weighted by atomic mass is 35.5. The number of fused-ring (bicyclic) bond motifs is 1. The summed E-state index contributed by atoms with van der Waals surface area (Å²) >= 11 is 6.08. The molecule has 0 unspecified atom stereocenters. The van der Waals surface area contributed by atoms with Crippen LogP contribution in [0.25, 0.3) is 10.8 Å². The van der Waals surface area contributed by atoms with E-state index in [0.717, 1.165) is 55.9 Å². The summed E-state index contributed by atoms with van der Waals surface area (Å²) < 4.78 is 0. The van der Waals surface area contributed by atoms with E-state index < -0.39 is 0 Å². The van der Waals surface area contributed by atoms with E-state index >= 15 is 0 Å². The number of piperazine rings is 1. The second-order valence-electron chi connectivity index (χ2n) is 5.46. The van der Waals surface area contributed by atoms with Crippen molar-refractivity contribution in [2.45, 2.75) is 0 Å². The minimum atomic E-state index is 0.454. The number of nitrogens with zero attached hydrogens (tertiary/aromatic N) is 4. The van der Waals surface area contributed by atoms with Gasteiger partial charge in [-0.3, -0.25) is 4.90 Å². The second-order valence-corrected chi connectivity index (χ2v) is 5.81. The second kappa shape index (κ2) is 6.56. The first kappa shape index (κ1) is 14.5. The van der Waals surface area contributed by atoms with Gasteiger partial charge in [-0.1, -0.05) is 35.9 Å². The molecule has 1 aliphatic rings. The Balaban J connectivity index is 1.62. The average molecular weight is 306 g/mol. The fraction of sp³-hybridized carbons (Fsp3) is 0.467. The van der Waals surface area contributed by atoms with Crippen molar-refractivity contribution in [3.63, 3.8) is 0 Å². The van der Waals surface area contributed by atoms with Gasteiger partial charge in [0.2, 0.25) is 0 Å². The Bertz CT molecular complexity index is 610. The van der Waals surface area contributed by atoms with Crippen LogP contribution in [-0.2, 0) is 0 Å². The molecule has 0 saturated carbocycles. The summed E-state index contributed by atoms with van der Waals surface area (Å²) in [4.78, 5) is 4.83. The molecule has 5 nitrogen and oxygen atoms in total. The molecule has 0 aliphatic carbocycles. The molecule has 2 heterocycles. The number of hydrogen-bond donors (Lipinski definition) is 1. The molecule has 0 amide bonds.